The number of phenolic OH excluding ortho intramolecular Hbond substituents is 1. The van der Waals surface area contributed by atoms with Crippen LogP contribution in [-0.4, -0.2) is 42.5 Å². The summed E-state index contributed by atoms with van der Waals surface area (Å²) in [4.78, 5) is 2.04. The Kier molecular flexibility index (Phi) is 5.92. The Morgan fingerprint density at radius 2 is 1.70 bits per heavy atom. The largest absolute Gasteiger partial charge is 0.573 e. The average Bonchev–Trinajstić information content (AvgIpc) is 2.62. The summed E-state index contributed by atoms with van der Waals surface area (Å²) in [6, 6.07) is 7.52. The lowest BCUT2D eigenvalue weighted by Gasteiger charge is -2.36. The van der Waals surface area contributed by atoms with Gasteiger partial charge in [0.2, 0.25) is 0 Å². The fourth-order valence-electron chi connectivity index (χ4n) is 3.17. The molecule has 2 aromatic rings. The Labute approximate surface area is 161 Å². The molecule has 1 fully saturated rings. The quantitative estimate of drug-likeness (QED) is 0.688. The van der Waals surface area contributed by atoms with E-state index in [1.165, 1.54) is 30.3 Å². The van der Waals surface area contributed by atoms with Crippen molar-refractivity contribution in [2.75, 3.05) is 26.2 Å². The van der Waals surface area contributed by atoms with Gasteiger partial charge in [-0.05, 0) is 29.8 Å². The van der Waals surface area contributed by atoms with E-state index in [9.17, 15) is 22.7 Å². The van der Waals surface area contributed by atoms with Crippen LogP contribution in [0.1, 0.15) is 17.2 Å². The molecule has 2 aromatic carbocycles. The first-order valence-electron chi connectivity index (χ1n) is 8.23. The maximum absolute atomic E-state index is 14.0. The predicted octanol–water partition coefficient (Wildman–Crippen LogP) is 4.19. The van der Waals surface area contributed by atoms with Crippen LogP contribution in [-0.2, 0) is 0 Å². The zero-order valence-corrected chi connectivity index (χ0v) is 15.6. The third-order valence-corrected chi connectivity index (χ3v) is 5.03. The van der Waals surface area contributed by atoms with Crippen molar-refractivity contribution < 1.29 is 27.4 Å². The van der Waals surface area contributed by atoms with Gasteiger partial charge in [0.15, 0.2) is 11.6 Å². The highest BCUT2D eigenvalue weighted by molar-refractivity contribution is 9.10. The van der Waals surface area contributed by atoms with Gasteiger partial charge in [-0.25, -0.2) is 4.39 Å². The number of piperazine rings is 1. The zero-order valence-electron chi connectivity index (χ0n) is 14.1. The van der Waals surface area contributed by atoms with Crippen molar-refractivity contribution in [1.82, 2.24) is 10.2 Å². The maximum Gasteiger partial charge on any atom is 0.573 e. The third kappa shape index (κ3) is 4.72. The molecule has 0 saturated carbocycles. The molecular formula is C18H17BrF4N2O2. The monoisotopic (exact) mass is 448 g/mol. The van der Waals surface area contributed by atoms with Gasteiger partial charge in [-0.3, -0.25) is 4.90 Å². The van der Waals surface area contributed by atoms with Crippen LogP contribution < -0.4 is 10.1 Å². The number of hydrogen-bond donors (Lipinski definition) is 2. The SMILES string of the molecule is Oc1c(F)ccc(Br)c1[C@H](c1ccc(OC(F)(F)F)cc1)N1CCNCC1. The van der Waals surface area contributed by atoms with Crippen LogP contribution in [0, 0.1) is 5.82 Å². The summed E-state index contributed by atoms with van der Waals surface area (Å²) in [5, 5.41) is 13.5. The molecule has 3 rings (SSSR count). The average molecular weight is 449 g/mol. The standard InChI is InChI=1S/C18H17BrF4N2O2/c19-13-5-6-14(20)17(26)15(13)16(25-9-7-24-8-10-25)11-1-3-12(4-2-11)27-18(21,22)23/h1-6,16,24,26H,7-10H2/t16-/m0/s1. The first-order chi connectivity index (χ1) is 12.8. The topological polar surface area (TPSA) is 44.7 Å². The van der Waals surface area contributed by atoms with E-state index in [0.29, 0.717) is 41.8 Å². The first kappa shape index (κ1) is 19.9. The number of aromatic hydroxyl groups is 1. The number of alkyl halides is 3. The molecule has 0 radical (unpaired) electrons. The Hall–Kier alpha value is -1.84. The zero-order chi connectivity index (χ0) is 19.6. The fraction of sp³-hybridized carbons (Fsp3) is 0.333. The molecule has 9 heteroatoms. The van der Waals surface area contributed by atoms with Crippen molar-refractivity contribution >= 4 is 15.9 Å². The van der Waals surface area contributed by atoms with Crippen LogP contribution in [0.25, 0.3) is 0 Å². The van der Waals surface area contributed by atoms with Gasteiger partial charge in [0, 0.05) is 36.2 Å². The number of hydrogen-bond acceptors (Lipinski definition) is 4. The molecule has 1 heterocycles. The number of benzene rings is 2. The minimum absolute atomic E-state index is 0.335. The van der Waals surface area contributed by atoms with E-state index < -0.39 is 24.0 Å². The molecule has 0 aliphatic carbocycles. The summed E-state index contributed by atoms with van der Waals surface area (Å²) in [6.45, 7) is 2.68. The van der Waals surface area contributed by atoms with Crippen molar-refractivity contribution in [2.24, 2.45) is 0 Å². The summed E-state index contributed by atoms with van der Waals surface area (Å²) in [7, 11) is 0. The third-order valence-electron chi connectivity index (χ3n) is 4.33. The van der Waals surface area contributed by atoms with Gasteiger partial charge in [0.05, 0.1) is 6.04 Å². The van der Waals surface area contributed by atoms with E-state index in [1.807, 2.05) is 4.90 Å². The summed E-state index contributed by atoms with van der Waals surface area (Å²) >= 11 is 3.36. The van der Waals surface area contributed by atoms with Crippen LogP contribution in [0.4, 0.5) is 17.6 Å². The number of halogens is 5. The molecule has 1 saturated heterocycles. The second-order valence-electron chi connectivity index (χ2n) is 6.10. The van der Waals surface area contributed by atoms with Crippen molar-refractivity contribution in [3.05, 3.63) is 57.8 Å². The molecule has 1 aliphatic rings. The van der Waals surface area contributed by atoms with E-state index in [1.54, 1.807) is 0 Å². The van der Waals surface area contributed by atoms with Gasteiger partial charge in [0.1, 0.15) is 5.75 Å². The highest BCUT2D eigenvalue weighted by atomic mass is 79.9. The van der Waals surface area contributed by atoms with Crippen LogP contribution in [0.15, 0.2) is 40.9 Å². The molecule has 4 nitrogen and oxygen atoms in total. The smallest absolute Gasteiger partial charge is 0.505 e. The summed E-state index contributed by atoms with van der Waals surface area (Å²) < 4.78 is 55.6. The molecule has 0 amide bonds. The second-order valence-corrected chi connectivity index (χ2v) is 6.95. The van der Waals surface area contributed by atoms with Crippen molar-refractivity contribution in [2.45, 2.75) is 12.4 Å². The van der Waals surface area contributed by atoms with Crippen LogP contribution in [0.5, 0.6) is 11.5 Å². The van der Waals surface area contributed by atoms with Gasteiger partial charge in [-0.1, -0.05) is 28.1 Å². The van der Waals surface area contributed by atoms with Gasteiger partial charge in [0.25, 0.3) is 0 Å². The number of nitrogens with one attached hydrogen (secondary N) is 1. The van der Waals surface area contributed by atoms with Crippen LogP contribution in [0.3, 0.4) is 0 Å². The van der Waals surface area contributed by atoms with Crippen molar-refractivity contribution in [3.63, 3.8) is 0 Å². The van der Waals surface area contributed by atoms with E-state index in [0.717, 1.165) is 6.07 Å². The van der Waals surface area contributed by atoms with E-state index in [-0.39, 0.29) is 5.75 Å². The second kappa shape index (κ2) is 8.04. The Balaban J connectivity index is 2.02. The molecule has 2 N–H and O–H groups in total. The van der Waals surface area contributed by atoms with Crippen molar-refractivity contribution in [1.29, 1.82) is 0 Å². The number of phenols is 1. The maximum atomic E-state index is 14.0. The number of nitrogens with zero attached hydrogens (tertiary/aromatic N) is 1. The molecule has 0 bridgehead atoms. The lowest BCUT2D eigenvalue weighted by atomic mass is 9.95. The van der Waals surface area contributed by atoms with Crippen LogP contribution >= 0.6 is 15.9 Å². The number of rotatable bonds is 4. The molecule has 0 spiro atoms. The molecule has 1 atom stereocenters. The van der Waals surface area contributed by atoms with Gasteiger partial charge >= 0.3 is 6.36 Å². The highest BCUT2D eigenvalue weighted by Crippen LogP contribution is 2.41. The predicted molar refractivity (Wildman–Crippen MR) is 95.2 cm³/mol. The Morgan fingerprint density at radius 1 is 1.07 bits per heavy atom. The normalized spacial score (nSPS) is 16.9. The van der Waals surface area contributed by atoms with Crippen molar-refractivity contribution in [3.8, 4) is 11.5 Å². The molecule has 146 valence electrons. The lowest BCUT2D eigenvalue weighted by Crippen LogP contribution is -2.45. The summed E-state index contributed by atoms with van der Waals surface area (Å²) in [6.07, 6.45) is -4.77. The minimum Gasteiger partial charge on any atom is -0.505 e. The van der Waals surface area contributed by atoms with E-state index in [2.05, 4.69) is 26.0 Å². The summed E-state index contributed by atoms with van der Waals surface area (Å²) in [5.74, 6) is -1.58. The highest BCUT2D eigenvalue weighted by Gasteiger charge is 2.32. The fourth-order valence-corrected chi connectivity index (χ4v) is 3.71. The van der Waals surface area contributed by atoms with Gasteiger partial charge in [-0.15, -0.1) is 13.2 Å². The first-order valence-corrected chi connectivity index (χ1v) is 9.03. The summed E-state index contributed by atoms with van der Waals surface area (Å²) in [5.41, 5.74) is 0.953. The molecule has 0 aromatic heterocycles. The van der Waals surface area contributed by atoms with E-state index >= 15 is 0 Å². The minimum atomic E-state index is -4.77. The van der Waals surface area contributed by atoms with E-state index in [4.69, 9.17) is 0 Å². The van der Waals surface area contributed by atoms with Gasteiger partial charge < -0.3 is 15.2 Å². The Morgan fingerprint density at radius 3 is 2.30 bits per heavy atom. The lowest BCUT2D eigenvalue weighted by molar-refractivity contribution is -0.274. The Bertz CT molecular complexity index is 793. The molecular weight excluding hydrogens is 432 g/mol. The molecule has 0 unspecified atom stereocenters. The van der Waals surface area contributed by atoms with Gasteiger partial charge in [-0.2, -0.15) is 0 Å². The number of ether oxygens (including phenoxy) is 1. The van der Waals surface area contributed by atoms with Crippen LogP contribution in [0.2, 0.25) is 0 Å². The molecule has 27 heavy (non-hydrogen) atoms. The molecule has 1 aliphatic heterocycles.